The Balaban J connectivity index is 2.72. The fourth-order valence-electron chi connectivity index (χ4n) is 1.77. The first kappa shape index (κ1) is 10.2. The van der Waals surface area contributed by atoms with Crippen LogP contribution in [0.3, 0.4) is 0 Å². The maximum absolute atomic E-state index is 11.4. The molecule has 0 spiro atoms. The summed E-state index contributed by atoms with van der Waals surface area (Å²) in [6, 6.07) is 0. The fraction of sp³-hybridized carbons (Fsp3) is 0.636. The summed E-state index contributed by atoms with van der Waals surface area (Å²) in [5.74, 6) is 0.122. The zero-order chi connectivity index (χ0) is 10.1. The molecule has 0 heterocycles. The normalized spacial score (nSPS) is 26.1. The van der Waals surface area contributed by atoms with Gasteiger partial charge in [0.1, 0.15) is 5.78 Å². The van der Waals surface area contributed by atoms with Crippen molar-refractivity contribution in [2.45, 2.75) is 33.6 Å². The van der Waals surface area contributed by atoms with E-state index < -0.39 is 0 Å². The molecule has 0 saturated heterocycles. The van der Waals surface area contributed by atoms with Crippen LogP contribution in [0.4, 0.5) is 0 Å². The Hall–Kier alpha value is -0.920. The molecule has 0 amide bonds. The molecule has 2 heteroatoms. The summed E-state index contributed by atoms with van der Waals surface area (Å²) in [5, 5.41) is 0. The van der Waals surface area contributed by atoms with Crippen LogP contribution >= 0.6 is 0 Å². The minimum absolute atomic E-state index is 0.0635. The molecule has 0 aliphatic heterocycles. The summed E-state index contributed by atoms with van der Waals surface area (Å²) in [4.78, 5) is 22.3. The van der Waals surface area contributed by atoms with Crippen molar-refractivity contribution in [1.82, 2.24) is 0 Å². The molecular weight excluding hydrogens is 164 g/mol. The molecule has 0 aromatic carbocycles. The second kappa shape index (κ2) is 3.44. The largest absolute Gasteiger partial charge is 0.300 e. The van der Waals surface area contributed by atoms with Gasteiger partial charge in [-0.1, -0.05) is 19.9 Å². The second-order valence-electron chi connectivity index (χ2n) is 4.53. The van der Waals surface area contributed by atoms with Crippen LogP contribution in [0.2, 0.25) is 0 Å². The number of carbonyl (C=O) groups is 2. The molecule has 0 saturated carbocycles. The molecule has 1 unspecified atom stereocenters. The van der Waals surface area contributed by atoms with E-state index in [-0.39, 0.29) is 22.9 Å². The van der Waals surface area contributed by atoms with Gasteiger partial charge in [0.25, 0.3) is 0 Å². The predicted molar refractivity (Wildman–Crippen MR) is 51.3 cm³/mol. The van der Waals surface area contributed by atoms with Crippen molar-refractivity contribution < 1.29 is 9.59 Å². The van der Waals surface area contributed by atoms with E-state index in [1.54, 1.807) is 13.0 Å². The third-order valence-corrected chi connectivity index (χ3v) is 2.41. The van der Waals surface area contributed by atoms with Crippen molar-refractivity contribution in [2.24, 2.45) is 11.3 Å². The number of allylic oxidation sites excluding steroid dienone is 2. The lowest BCUT2D eigenvalue weighted by Crippen LogP contribution is -2.26. The Morgan fingerprint density at radius 2 is 2.23 bits per heavy atom. The van der Waals surface area contributed by atoms with Crippen LogP contribution in [0.15, 0.2) is 12.2 Å². The zero-order valence-electron chi connectivity index (χ0n) is 8.46. The van der Waals surface area contributed by atoms with Gasteiger partial charge in [-0.2, -0.15) is 0 Å². The molecule has 0 radical (unpaired) electrons. The first-order valence-electron chi connectivity index (χ1n) is 4.63. The number of ketones is 2. The lowest BCUT2D eigenvalue weighted by molar-refractivity contribution is -0.125. The van der Waals surface area contributed by atoms with Crippen LogP contribution in [-0.4, -0.2) is 11.6 Å². The van der Waals surface area contributed by atoms with E-state index >= 15 is 0 Å². The second-order valence-corrected chi connectivity index (χ2v) is 4.53. The molecule has 0 N–H and O–H groups in total. The summed E-state index contributed by atoms with van der Waals surface area (Å²) in [6.45, 7) is 5.71. The molecule has 0 aromatic rings. The first-order valence-corrected chi connectivity index (χ1v) is 4.63. The lowest BCUT2D eigenvalue weighted by Gasteiger charge is -2.28. The van der Waals surface area contributed by atoms with Gasteiger partial charge in [-0.25, -0.2) is 0 Å². The number of carbonyl (C=O) groups excluding carboxylic acids is 2. The van der Waals surface area contributed by atoms with Gasteiger partial charge in [0.05, 0.1) is 0 Å². The Morgan fingerprint density at radius 3 is 2.77 bits per heavy atom. The van der Waals surface area contributed by atoms with Crippen molar-refractivity contribution >= 4 is 11.6 Å². The maximum atomic E-state index is 11.4. The van der Waals surface area contributed by atoms with Gasteiger partial charge in [-0.15, -0.1) is 0 Å². The standard InChI is InChI=1S/C11H16O2/c1-8(12)6-9-7-11(2,3)5-4-10(9)13/h4-5,9H,6-7H2,1-3H3. The van der Waals surface area contributed by atoms with Crippen LogP contribution in [0.1, 0.15) is 33.6 Å². The molecule has 1 aliphatic carbocycles. The molecule has 0 bridgehead atoms. The van der Waals surface area contributed by atoms with Crippen LogP contribution in [0.5, 0.6) is 0 Å². The summed E-state index contributed by atoms with van der Waals surface area (Å²) in [5.41, 5.74) is 0.0635. The molecule has 2 nitrogen and oxygen atoms in total. The van der Waals surface area contributed by atoms with Crippen molar-refractivity contribution in [3.8, 4) is 0 Å². The highest BCUT2D eigenvalue weighted by Crippen LogP contribution is 2.33. The molecule has 1 rings (SSSR count). The van der Waals surface area contributed by atoms with E-state index in [0.717, 1.165) is 6.42 Å². The van der Waals surface area contributed by atoms with Crippen molar-refractivity contribution in [3.05, 3.63) is 12.2 Å². The van der Waals surface area contributed by atoms with E-state index in [4.69, 9.17) is 0 Å². The summed E-state index contributed by atoms with van der Waals surface area (Å²) in [7, 11) is 0. The van der Waals surface area contributed by atoms with Crippen LogP contribution in [0, 0.1) is 11.3 Å². The van der Waals surface area contributed by atoms with Crippen molar-refractivity contribution in [3.63, 3.8) is 0 Å². The smallest absolute Gasteiger partial charge is 0.158 e. The van der Waals surface area contributed by atoms with Gasteiger partial charge >= 0.3 is 0 Å². The highest BCUT2D eigenvalue weighted by molar-refractivity contribution is 5.95. The van der Waals surface area contributed by atoms with Crippen LogP contribution in [-0.2, 0) is 9.59 Å². The molecule has 13 heavy (non-hydrogen) atoms. The van der Waals surface area contributed by atoms with Crippen LogP contribution < -0.4 is 0 Å². The highest BCUT2D eigenvalue weighted by atomic mass is 16.1. The molecule has 72 valence electrons. The molecule has 0 aromatic heterocycles. The molecule has 0 fully saturated rings. The SMILES string of the molecule is CC(=O)CC1CC(C)(C)C=CC1=O. The number of Topliss-reactive ketones (excluding diaryl/α,β-unsaturated/α-hetero) is 1. The molecule has 1 atom stereocenters. The minimum atomic E-state index is -0.0856. The van der Waals surface area contributed by atoms with Crippen LogP contribution in [0.25, 0.3) is 0 Å². The third kappa shape index (κ3) is 2.79. The van der Waals surface area contributed by atoms with Crippen molar-refractivity contribution in [2.75, 3.05) is 0 Å². The van der Waals surface area contributed by atoms with Gasteiger partial charge < -0.3 is 4.79 Å². The quantitative estimate of drug-likeness (QED) is 0.652. The van der Waals surface area contributed by atoms with Gasteiger partial charge in [0, 0.05) is 12.3 Å². The van der Waals surface area contributed by atoms with Crippen molar-refractivity contribution in [1.29, 1.82) is 0 Å². The molecule has 1 aliphatic rings. The van der Waals surface area contributed by atoms with Gasteiger partial charge in [0.2, 0.25) is 0 Å². The summed E-state index contributed by atoms with van der Waals surface area (Å²) >= 11 is 0. The Morgan fingerprint density at radius 1 is 1.62 bits per heavy atom. The van der Waals surface area contributed by atoms with E-state index in [0.29, 0.717) is 6.42 Å². The first-order chi connectivity index (χ1) is 5.91. The number of hydrogen-bond acceptors (Lipinski definition) is 2. The fourth-order valence-corrected chi connectivity index (χ4v) is 1.77. The monoisotopic (exact) mass is 180 g/mol. The van der Waals surface area contributed by atoms with E-state index in [9.17, 15) is 9.59 Å². The Bertz CT molecular complexity index is 261. The number of rotatable bonds is 2. The lowest BCUT2D eigenvalue weighted by atomic mass is 9.75. The predicted octanol–water partition coefficient (Wildman–Crippen LogP) is 2.14. The maximum Gasteiger partial charge on any atom is 0.158 e. The van der Waals surface area contributed by atoms with Gasteiger partial charge in [-0.05, 0) is 24.8 Å². The van der Waals surface area contributed by atoms with E-state index in [1.165, 1.54) is 0 Å². The minimum Gasteiger partial charge on any atom is -0.300 e. The Kier molecular flexibility index (Phi) is 2.69. The third-order valence-electron chi connectivity index (χ3n) is 2.41. The highest BCUT2D eigenvalue weighted by Gasteiger charge is 2.29. The summed E-state index contributed by atoms with van der Waals surface area (Å²) < 4.78 is 0. The average molecular weight is 180 g/mol. The molecular formula is C11H16O2. The zero-order valence-corrected chi connectivity index (χ0v) is 8.46. The summed E-state index contributed by atoms with van der Waals surface area (Å²) in [6.07, 6.45) is 4.75. The van der Waals surface area contributed by atoms with E-state index in [2.05, 4.69) is 13.8 Å². The van der Waals surface area contributed by atoms with E-state index in [1.807, 2.05) is 6.08 Å². The van der Waals surface area contributed by atoms with Gasteiger partial charge in [0.15, 0.2) is 5.78 Å². The topological polar surface area (TPSA) is 34.1 Å². The number of hydrogen-bond donors (Lipinski definition) is 0. The van der Waals surface area contributed by atoms with Gasteiger partial charge in [-0.3, -0.25) is 4.79 Å². The average Bonchev–Trinajstić information content (AvgIpc) is 1.95. The Labute approximate surface area is 79.0 Å².